The number of hydrogen-bond donors (Lipinski definition) is 0. The summed E-state index contributed by atoms with van der Waals surface area (Å²) in [6.07, 6.45) is 0.421. The predicted molar refractivity (Wildman–Crippen MR) is 40.1 cm³/mol. The van der Waals surface area contributed by atoms with Crippen LogP contribution in [0.4, 0.5) is 13.2 Å². The molecule has 0 unspecified atom stereocenters. The molecule has 1 aromatic rings. The molecule has 3 nitrogen and oxygen atoms in total. The lowest BCUT2D eigenvalue weighted by Crippen LogP contribution is -2.12. The van der Waals surface area contributed by atoms with Crippen LogP contribution in [0.2, 0.25) is 0 Å². The Bertz CT molecular complexity index is 368. The normalized spacial score (nSPS) is 10.0. The van der Waals surface area contributed by atoms with Crippen LogP contribution >= 0.6 is 0 Å². The molecule has 0 aromatic carbocycles. The molecule has 0 saturated carbocycles. The Morgan fingerprint density at radius 2 is 2.14 bits per heavy atom. The maximum absolute atomic E-state index is 12.9. The molecule has 0 bridgehead atoms. The fraction of sp³-hybridized carbons (Fsp3) is 0.250. The zero-order valence-electron chi connectivity index (χ0n) is 7.18. The number of carbonyl (C=O) groups is 1. The van der Waals surface area contributed by atoms with Gasteiger partial charge in [0.25, 0.3) is 0 Å². The summed E-state index contributed by atoms with van der Waals surface area (Å²) in [5.41, 5.74) is -1.06. The van der Waals surface area contributed by atoms with E-state index in [1.165, 1.54) is 6.92 Å². The first-order valence-electron chi connectivity index (χ1n) is 3.74. The molecule has 0 aliphatic rings. The van der Waals surface area contributed by atoms with Crippen molar-refractivity contribution in [3.8, 4) is 0 Å². The van der Waals surface area contributed by atoms with E-state index in [1.807, 2.05) is 0 Å². The second-order valence-corrected chi connectivity index (χ2v) is 2.31. The molecule has 76 valence electrons. The Morgan fingerprint density at radius 1 is 1.50 bits per heavy atom. The Balaban J connectivity index is 3.18. The number of ether oxygens (including phenoxy) is 1. The molecule has 0 spiro atoms. The monoisotopic (exact) mass is 205 g/mol. The van der Waals surface area contributed by atoms with Gasteiger partial charge in [-0.1, -0.05) is 0 Å². The van der Waals surface area contributed by atoms with E-state index in [1.54, 1.807) is 0 Å². The van der Waals surface area contributed by atoms with Gasteiger partial charge in [0.15, 0.2) is 11.6 Å². The summed E-state index contributed by atoms with van der Waals surface area (Å²) in [5.74, 6) is -5.66. The van der Waals surface area contributed by atoms with Crippen molar-refractivity contribution in [2.75, 3.05) is 6.61 Å². The average Bonchev–Trinajstić information content (AvgIpc) is 2.13. The van der Waals surface area contributed by atoms with Crippen molar-refractivity contribution >= 4 is 5.97 Å². The molecule has 0 N–H and O–H groups in total. The lowest BCUT2D eigenvalue weighted by Gasteiger charge is -2.03. The second-order valence-electron chi connectivity index (χ2n) is 2.31. The molecule has 0 radical (unpaired) electrons. The van der Waals surface area contributed by atoms with E-state index in [4.69, 9.17) is 0 Å². The number of halogens is 3. The molecule has 14 heavy (non-hydrogen) atoms. The molecule has 6 heteroatoms. The highest BCUT2D eigenvalue weighted by atomic mass is 19.2. The maximum atomic E-state index is 12.9. The third-order valence-corrected chi connectivity index (χ3v) is 1.41. The zero-order valence-corrected chi connectivity index (χ0v) is 7.18. The Hall–Kier alpha value is -1.59. The van der Waals surface area contributed by atoms with E-state index in [0.717, 1.165) is 0 Å². The van der Waals surface area contributed by atoms with Gasteiger partial charge >= 0.3 is 5.97 Å². The first-order valence-corrected chi connectivity index (χ1v) is 3.74. The molecule has 0 amide bonds. The number of nitrogens with zero attached hydrogens (tertiary/aromatic N) is 1. The van der Waals surface area contributed by atoms with Crippen LogP contribution in [-0.2, 0) is 4.74 Å². The van der Waals surface area contributed by atoms with Gasteiger partial charge in [0.1, 0.15) is 5.56 Å². The van der Waals surface area contributed by atoms with E-state index >= 15 is 0 Å². The molecular weight excluding hydrogens is 199 g/mol. The number of rotatable bonds is 2. The van der Waals surface area contributed by atoms with Gasteiger partial charge in [0.05, 0.1) is 12.8 Å². The Labute approximate surface area is 77.5 Å². The van der Waals surface area contributed by atoms with Gasteiger partial charge in [-0.15, -0.1) is 0 Å². The van der Waals surface area contributed by atoms with Crippen molar-refractivity contribution in [3.05, 3.63) is 29.3 Å². The SMILES string of the molecule is CCOC(=O)c1c(F)cnc(F)c1F. The van der Waals surface area contributed by atoms with Gasteiger partial charge in [-0.2, -0.15) is 4.39 Å². The van der Waals surface area contributed by atoms with Crippen molar-refractivity contribution in [2.45, 2.75) is 6.92 Å². The van der Waals surface area contributed by atoms with Gasteiger partial charge in [0, 0.05) is 0 Å². The van der Waals surface area contributed by atoms with Crippen LogP contribution in [-0.4, -0.2) is 17.6 Å². The van der Waals surface area contributed by atoms with Gasteiger partial charge in [0.2, 0.25) is 5.95 Å². The molecular formula is C8H6F3NO2. The fourth-order valence-electron chi connectivity index (χ4n) is 0.833. The van der Waals surface area contributed by atoms with Crippen LogP contribution in [0.1, 0.15) is 17.3 Å². The maximum Gasteiger partial charge on any atom is 0.344 e. The predicted octanol–water partition coefficient (Wildman–Crippen LogP) is 1.68. The first kappa shape index (κ1) is 10.5. The lowest BCUT2D eigenvalue weighted by molar-refractivity contribution is 0.0513. The standard InChI is InChI=1S/C8H6F3NO2/c1-2-14-8(13)5-4(9)3-12-7(11)6(5)10/h3H,2H2,1H3. The molecule has 0 aliphatic heterocycles. The summed E-state index contributed by atoms with van der Waals surface area (Å²) in [7, 11) is 0. The van der Waals surface area contributed by atoms with Gasteiger partial charge in [-0.25, -0.2) is 18.6 Å². The summed E-state index contributed by atoms with van der Waals surface area (Å²) < 4.78 is 42.5. The van der Waals surface area contributed by atoms with Crippen molar-refractivity contribution in [2.24, 2.45) is 0 Å². The van der Waals surface area contributed by atoms with Crippen molar-refractivity contribution in [1.29, 1.82) is 0 Å². The molecule has 1 aromatic heterocycles. The van der Waals surface area contributed by atoms with Crippen molar-refractivity contribution in [3.63, 3.8) is 0 Å². The Kier molecular flexibility index (Phi) is 3.06. The summed E-state index contributed by atoms with van der Waals surface area (Å²) in [4.78, 5) is 13.7. The van der Waals surface area contributed by atoms with Gasteiger partial charge in [-0.05, 0) is 6.92 Å². The fourth-order valence-corrected chi connectivity index (χ4v) is 0.833. The molecule has 1 heterocycles. The molecule has 0 aliphatic carbocycles. The first-order chi connectivity index (χ1) is 6.57. The minimum atomic E-state index is -1.64. The zero-order chi connectivity index (χ0) is 10.7. The molecule has 0 saturated heterocycles. The number of carbonyl (C=O) groups excluding carboxylic acids is 1. The van der Waals surface area contributed by atoms with Crippen molar-refractivity contribution < 1.29 is 22.7 Å². The Morgan fingerprint density at radius 3 is 2.71 bits per heavy atom. The van der Waals surface area contributed by atoms with E-state index in [0.29, 0.717) is 6.20 Å². The highest BCUT2D eigenvalue weighted by Crippen LogP contribution is 2.14. The second kappa shape index (κ2) is 4.08. The van der Waals surface area contributed by atoms with Crippen LogP contribution in [0.3, 0.4) is 0 Å². The molecule has 0 atom stereocenters. The number of pyridine rings is 1. The van der Waals surface area contributed by atoms with Gasteiger partial charge in [-0.3, -0.25) is 0 Å². The summed E-state index contributed by atoms with van der Waals surface area (Å²) in [5, 5.41) is 0. The number of esters is 1. The van der Waals surface area contributed by atoms with Crippen LogP contribution in [0.5, 0.6) is 0 Å². The van der Waals surface area contributed by atoms with E-state index in [9.17, 15) is 18.0 Å². The highest BCUT2D eigenvalue weighted by Gasteiger charge is 2.22. The third kappa shape index (κ3) is 1.84. The smallest absolute Gasteiger partial charge is 0.344 e. The molecule has 1 rings (SSSR count). The lowest BCUT2D eigenvalue weighted by atomic mass is 10.2. The van der Waals surface area contributed by atoms with E-state index in [2.05, 4.69) is 9.72 Å². The van der Waals surface area contributed by atoms with Crippen LogP contribution < -0.4 is 0 Å². The summed E-state index contributed by atoms with van der Waals surface area (Å²) >= 11 is 0. The summed E-state index contributed by atoms with van der Waals surface area (Å²) in [6, 6.07) is 0. The topological polar surface area (TPSA) is 39.2 Å². The highest BCUT2D eigenvalue weighted by molar-refractivity contribution is 5.89. The van der Waals surface area contributed by atoms with E-state index < -0.39 is 29.1 Å². The number of hydrogen-bond acceptors (Lipinski definition) is 3. The quantitative estimate of drug-likeness (QED) is 0.544. The largest absolute Gasteiger partial charge is 0.462 e. The third-order valence-electron chi connectivity index (χ3n) is 1.41. The van der Waals surface area contributed by atoms with Crippen LogP contribution in [0.25, 0.3) is 0 Å². The summed E-state index contributed by atoms with van der Waals surface area (Å²) in [6.45, 7) is 1.41. The molecule has 0 fully saturated rings. The average molecular weight is 205 g/mol. The van der Waals surface area contributed by atoms with Crippen molar-refractivity contribution in [1.82, 2.24) is 4.98 Å². The minimum Gasteiger partial charge on any atom is -0.462 e. The van der Waals surface area contributed by atoms with E-state index in [-0.39, 0.29) is 6.61 Å². The minimum absolute atomic E-state index is 0.0539. The van der Waals surface area contributed by atoms with Gasteiger partial charge < -0.3 is 4.74 Å². The van der Waals surface area contributed by atoms with Crippen LogP contribution in [0, 0.1) is 17.6 Å². The number of aromatic nitrogens is 1. The van der Waals surface area contributed by atoms with Crippen LogP contribution in [0.15, 0.2) is 6.20 Å².